The van der Waals surface area contributed by atoms with Gasteiger partial charge >= 0.3 is 0 Å². The molecule has 88 valence electrons. The van der Waals surface area contributed by atoms with E-state index in [9.17, 15) is 9.90 Å². The van der Waals surface area contributed by atoms with Crippen molar-refractivity contribution in [1.82, 2.24) is 4.98 Å². The third kappa shape index (κ3) is 1.76. The average Bonchev–Trinajstić information content (AvgIpc) is 2.86. The topological polar surface area (TPSA) is 50.2 Å². The highest BCUT2D eigenvalue weighted by molar-refractivity contribution is 7.16. The van der Waals surface area contributed by atoms with Crippen molar-refractivity contribution in [2.45, 2.75) is 0 Å². The molecule has 0 saturated carbocycles. The molecule has 0 unspecified atom stereocenters. The first-order valence-electron chi connectivity index (χ1n) is 5.41. The number of carbonyl (C=O) groups excluding carboxylic acids is 1. The van der Waals surface area contributed by atoms with E-state index in [0.29, 0.717) is 16.6 Å². The SMILES string of the molecule is O=C(c1ccccc1)c1cc(O)cc2scnc12. The zero-order valence-corrected chi connectivity index (χ0v) is 10.1. The number of phenols is 1. The first-order valence-corrected chi connectivity index (χ1v) is 6.29. The van der Waals surface area contributed by atoms with Gasteiger partial charge in [0.25, 0.3) is 0 Å². The summed E-state index contributed by atoms with van der Waals surface area (Å²) in [5.74, 6) is -0.0339. The maximum Gasteiger partial charge on any atom is 0.195 e. The lowest BCUT2D eigenvalue weighted by Gasteiger charge is -2.03. The van der Waals surface area contributed by atoms with Crippen LogP contribution in [0, 0.1) is 0 Å². The molecule has 0 bridgehead atoms. The zero-order chi connectivity index (χ0) is 12.5. The second-order valence-corrected chi connectivity index (χ2v) is 4.77. The van der Waals surface area contributed by atoms with Gasteiger partial charge in [-0.15, -0.1) is 11.3 Å². The van der Waals surface area contributed by atoms with Crippen molar-refractivity contribution < 1.29 is 9.90 Å². The standard InChI is InChI=1S/C14H9NO2S/c16-10-6-11(13-12(7-10)18-8-15-13)14(17)9-4-2-1-3-5-9/h1-8,16H. The van der Waals surface area contributed by atoms with Crippen LogP contribution in [0.25, 0.3) is 10.2 Å². The van der Waals surface area contributed by atoms with Crippen molar-refractivity contribution in [3.05, 3.63) is 59.1 Å². The van der Waals surface area contributed by atoms with Crippen molar-refractivity contribution in [3.63, 3.8) is 0 Å². The molecule has 0 aliphatic carbocycles. The summed E-state index contributed by atoms with van der Waals surface area (Å²) in [5, 5.41) is 9.65. The van der Waals surface area contributed by atoms with Gasteiger partial charge < -0.3 is 5.11 Å². The fourth-order valence-corrected chi connectivity index (χ4v) is 2.61. The highest BCUT2D eigenvalue weighted by Crippen LogP contribution is 2.28. The number of carbonyl (C=O) groups is 1. The number of rotatable bonds is 2. The predicted octanol–water partition coefficient (Wildman–Crippen LogP) is 3.23. The minimum absolute atomic E-state index is 0.0889. The van der Waals surface area contributed by atoms with Gasteiger partial charge in [-0.25, -0.2) is 4.98 Å². The van der Waals surface area contributed by atoms with Crippen molar-refractivity contribution in [2.75, 3.05) is 0 Å². The highest BCUT2D eigenvalue weighted by Gasteiger charge is 2.15. The monoisotopic (exact) mass is 255 g/mol. The summed E-state index contributed by atoms with van der Waals surface area (Å²) in [6.45, 7) is 0. The predicted molar refractivity (Wildman–Crippen MR) is 71.2 cm³/mol. The molecule has 3 nitrogen and oxygen atoms in total. The minimum atomic E-state index is -0.123. The van der Waals surface area contributed by atoms with E-state index >= 15 is 0 Å². The van der Waals surface area contributed by atoms with E-state index in [1.54, 1.807) is 23.7 Å². The maximum absolute atomic E-state index is 12.4. The Kier molecular flexibility index (Phi) is 2.57. The molecule has 1 aromatic heterocycles. The minimum Gasteiger partial charge on any atom is -0.508 e. The lowest BCUT2D eigenvalue weighted by molar-refractivity contribution is 0.104. The number of hydrogen-bond donors (Lipinski definition) is 1. The summed E-state index contributed by atoms with van der Waals surface area (Å²) < 4.78 is 0.814. The van der Waals surface area contributed by atoms with Crippen LogP contribution in [-0.4, -0.2) is 15.9 Å². The summed E-state index contributed by atoms with van der Waals surface area (Å²) in [6, 6.07) is 12.1. The van der Waals surface area contributed by atoms with Crippen LogP contribution in [-0.2, 0) is 0 Å². The van der Waals surface area contributed by atoms with Crippen LogP contribution >= 0.6 is 11.3 Å². The number of hydrogen-bond acceptors (Lipinski definition) is 4. The van der Waals surface area contributed by atoms with Gasteiger partial charge in [0, 0.05) is 5.56 Å². The molecule has 0 aliphatic heterocycles. The quantitative estimate of drug-likeness (QED) is 0.715. The van der Waals surface area contributed by atoms with Gasteiger partial charge in [0.2, 0.25) is 0 Å². The third-order valence-electron chi connectivity index (χ3n) is 2.70. The molecule has 2 aromatic carbocycles. The molecular formula is C14H9NO2S. The van der Waals surface area contributed by atoms with E-state index in [1.165, 1.54) is 17.4 Å². The zero-order valence-electron chi connectivity index (χ0n) is 9.33. The summed E-state index contributed by atoms with van der Waals surface area (Å²) in [6.07, 6.45) is 0. The summed E-state index contributed by atoms with van der Waals surface area (Å²) in [4.78, 5) is 16.6. The van der Waals surface area contributed by atoms with Gasteiger partial charge in [-0.05, 0) is 12.1 Å². The molecule has 3 aromatic rings. The summed E-state index contributed by atoms with van der Waals surface area (Å²) in [7, 11) is 0. The van der Waals surface area contributed by atoms with Crippen LogP contribution in [0.2, 0.25) is 0 Å². The van der Waals surface area contributed by atoms with Crippen LogP contribution in [0.1, 0.15) is 15.9 Å². The van der Waals surface area contributed by atoms with Crippen LogP contribution in [0.3, 0.4) is 0 Å². The van der Waals surface area contributed by atoms with E-state index in [4.69, 9.17) is 0 Å². The fourth-order valence-electron chi connectivity index (χ4n) is 1.87. The number of ketones is 1. The van der Waals surface area contributed by atoms with E-state index in [2.05, 4.69) is 4.98 Å². The average molecular weight is 255 g/mol. The van der Waals surface area contributed by atoms with Gasteiger partial charge in [0.15, 0.2) is 5.78 Å². The van der Waals surface area contributed by atoms with E-state index in [-0.39, 0.29) is 11.5 Å². The van der Waals surface area contributed by atoms with Gasteiger partial charge in [0.05, 0.1) is 21.3 Å². The molecule has 0 saturated heterocycles. The van der Waals surface area contributed by atoms with Crippen LogP contribution in [0.4, 0.5) is 0 Å². The first kappa shape index (κ1) is 10.9. The van der Waals surface area contributed by atoms with Crippen molar-refractivity contribution >= 4 is 27.3 Å². The van der Waals surface area contributed by atoms with E-state index in [0.717, 1.165) is 4.70 Å². The Hall–Kier alpha value is -2.20. The van der Waals surface area contributed by atoms with Gasteiger partial charge in [-0.3, -0.25) is 4.79 Å². The Labute approximate surface area is 107 Å². The molecule has 18 heavy (non-hydrogen) atoms. The Morgan fingerprint density at radius 2 is 1.94 bits per heavy atom. The summed E-state index contributed by atoms with van der Waals surface area (Å²) in [5.41, 5.74) is 3.35. The Balaban J connectivity index is 2.20. The van der Waals surface area contributed by atoms with Crippen LogP contribution in [0.15, 0.2) is 48.0 Å². The van der Waals surface area contributed by atoms with Crippen molar-refractivity contribution in [1.29, 1.82) is 0 Å². The number of fused-ring (bicyclic) bond motifs is 1. The number of aromatic hydroxyl groups is 1. The second-order valence-electron chi connectivity index (χ2n) is 3.89. The second kappa shape index (κ2) is 4.23. The Bertz CT molecular complexity index is 719. The van der Waals surface area contributed by atoms with Crippen molar-refractivity contribution in [2.24, 2.45) is 0 Å². The molecule has 1 N–H and O–H groups in total. The van der Waals surface area contributed by atoms with Gasteiger partial charge in [-0.1, -0.05) is 30.3 Å². The molecule has 0 aliphatic rings. The van der Waals surface area contributed by atoms with Crippen molar-refractivity contribution in [3.8, 4) is 5.75 Å². The number of phenolic OH excluding ortho intramolecular Hbond substituents is 1. The van der Waals surface area contributed by atoms with Gasteiger partial charge in [-0.2, -0.15) is 0 Å². The molecule has 4 heteroatoms. The number of nitrogens with zero attached hydrogens (tertiary/aromatic N) is 1. The van der Waals surface area contributed by atoms with Gasteiger partial charge in [0.1, 0.15) is 5.75 Å². The largest absolute Gasteiger partial charge is 0.508 e. The number of thiazole rings is 1. The van der Waals surface area contributed by atoms with E-state index in [1.807, 2.05) is 18.2 Å². The third-order valence-corrected chi connectivity index (χ3v) is 3.48. The number of aromatic nitrogens is 1. The molecule has 0 atom stereocenters. The normalized spacial score (nSPS) is 10.7. The fraction of sp³-hybridized carbons (Fsp3) is 0. The first-order chi connectivity index (χ1) is 8.75. The Morgan fingerprint density at radius 1 is 1.17 bits per heavy atom. The van der Waals surface area contributed by atoms with Crippen LogP contribution in [0.5, 0.6) is 5.75 Å². The van der Waals surface area contributed by atoms with E-state index < -0.39 is 0 Å². The van der Waals surface area contributed by atoms with Crippen LogP contribution < -0.4 is 0 Å². The number of benzene rings is 2. The molecule has 0 fully saturated rings. The maximum atomic E-state index is 12.4. The molecule has 0 amide bonds. The highest BCUT2D eigenvalue weighted by atomic mass is 32.1. The molecule has 0 radical (unpaired) electrons. The molecule has 3 rings (SSSR count). The molecular weight excluding hydrogens is 246 g/mol. The Morgan fingerprint density at radius 3 is 2.72 bits per heavy atom. The summed E-state index contributed by atoms with van der Waals surface area (Å²) >= 11 is 1.40. The lowest BCUT2D eigenvalue weighted by atomic mass is 10.0. The smallest absolute Gasteiger partial charge is 0.195 e. The molecule has 1 heterocycles. The molecule has 0 spiro atoms. The lowest BCUT2D eigenvalue weighted by Crippen LogP contribution is -2.01.